The number of benzene rings is 2. The zero-order valence-electron chi connectivity index (χ0n) is 13.1. The lowest BCUT2D eigenvalue weighted by Gasteiger charge is -2.06. The number of fused-ring (bicyclic) bond motifs is 1. The maximum Gasteiger partial charge on any atom is 0.261 e. The third-order valence-corrected chi connectivity index (χ3v) is 5.02. The molecule has 1 aromatic heterocycles. The van der Waals surface area contributed by atoms with E-state index < -0.39 is 0 Å². The first kappa shape index (κ1) is 15.5. The van der Waals surface area contributed by atoms with Crippen molar-refractivity contribution in [1.29, 1.82) is 0 Å². The van der Waals surface area contributed by atoms with Crippen molar-refractivity contribution in [2.24, 2.45) is 0 Å². The van der Waals surface area contributed by atoms with Gasteiger partial charge in [-0.25, -0.2) is 0 Å². The van der Waals surface area contributed by atoms with Gasteiger partial charge in [0, 0.05) is 11.2 Å². The zero-order chi connectivity index (χ0) is 16.2. The molecule has 1 N–H and O–H groups in total. The van der Waals surface area contributed by atoms with Crippen LogP contribution in [0.15, 0.2) is 61.2 Å². The minimum absolute atomic E-state index is 0.0202. The maximum atomic E-state index is 12.5. The molecule has 0 radical (unpaired) electrons. The summed E-state index contributed by atoms with van der Waals surface area (Å²) in [4.78, 5) is 13.3. The fraction of sp³-hybridized carbons (Fsp3) is 0.150. The molecule has 0 spiro atoms. The van der Waals surface area contributed by atoms with Gasteiger partial charge < -0.3 is 5.32 Å². The van der Waals surface area contributed by atoms with Gasteiger partial charge in [0.05, 0.1) is 4.88 Å². The second-order valence-electron chi connectivity index (χ2n) is 5.57. The fourth-order valence-corrected chi connectivity index (χ4v) is 3.75. The van der Waals surface area contributed by atoms with Crippen molar-refractivity contribution in [2.75, 3.05) is 6.54 Å². The molecular weight excluding hydrogens is 302 g/mol. The Labute approximate surface area is 140 Å². The van der Waals surface area contributed by atoms with E-state index in [1.165, 1.54) is 16.5 Å². The molecule has 23 heavy (non-hydrogen) atoms. The fourth-order valence-electron chi connectivity index (χ4n) is 2.61. The van der Waals surface area contributed by atoms with Crippen LogP contribution in [0, 0.1) is 6.92 Å². The molecule has 0 saturated carbocycles. The molecule has 0 fully saturated rings. The largest absolute Gasteiger partial charge is 0.348 e. The van der Waals surface area contributed by atoms with Crippen LogP contribution in [0.3, 0.4) is 0 Å². The number of carbonyl (C=O) groups excluding carboxylic acids is 1. The Bertz CT molecular complexity index is 846. The SMILES string of the molecule is C=CCNC(=O)c1sc2ccccc2c1Cc1ccc(C)cc1. The van der Waals surface area contributed by atoms with Crippen LogP contribution in [-0.4, -0.2) is 12.5 Å². The van der Waals surface area contributed by atoms with Crippen molar-refractivity contribution < 1.29 is 4.79 Å². The molecular formula is C20H19NOS. The quantitative estimate of drug-likeness (QED) is 0.677. The first-order valence-electron chi connectivity index (χ1n) is 7.64. The molecule has 116 valence electrons. The standard InChI is InChI=1S/C20H19NOS/c1-3-12-21-20(22)19-17(13-15-10-8-14(2)9-11-15)16-6-4-5-7-18(16)23-19/h3-11H,1,12-13H2,2H3,(H,21,22). The van der Waals surface area contributed by atoms with Gasteiger partial charge in [-0.2, -0.15) is 0 Å². The molecule has 1 amide bonds. The average Bonchev–Trinajstić information content (AvgIpc) is 2.93. The summed E-state index contributed by atoms with van der Waals surface area (Å²) in [6, 6.07) is 16.7. The lowest BCUT2D eigenvalue weighted by atomic mass is 10.0. The highest BCUT2D eigenvalue weighted by atomic mass is 32.1. The first-order valence-corrected chi connectivity index (χ1v) is 8.45. The van der Waals surface area contributed by atoms with E-state index in [1.807, 2.05) is 12.1 Å². The summed E-state index contributed by atoms with van der Waals surface area (Å²) in [6.45, 7) is 6.22. The summed E-state index contributed by atoms with van der Waals surface area (Å²) in [5.41, 5.74) is 3.57. The number of nitrogens with one attached hydrogen (secondary N) is 1. The molecule has 0 aliphatic carbocycles. The van der Waals surface area contributed by atoms with Crippen LogP contribution >= 0.6 is 11.3 Å². The molecule has 0 atom stereocenters. The van der Waals surface area contributed by atoms with Crippen molar-refractivity contribution in [3.8, 4) is 0 Å². The molecule has 0 saturated heterocycles. The molecule has 1 heterocycles. The molecule has 0 aliphatic heterocycles. The van der Waals surface area contributed by atoms with E-state index in [4.69, 9.17) is 0 Å². The highest BCUT2D eigenvalue weighted by Crippen LogP contribution is 2.33. The highest BCUT2D eigenvalue weighted by Gasteiger charge is 2.18. The molecule has 3 aromatic rings. The molecule has 0 aliphatic rings. The number of aryl methyl sites for hydroxylation is 1. The zero-order valence-corrected chi connectivity index (χ0v) is 14.0. The van der Waals surface area contributed by atoms with Crippen molar-refractivity contribution >= 4 is 27.3 Å². The Kier molecular flexibility index (Phi) is 4.58. The van der Waals surface area contributed by atoms with Gasteiger partial charge in [0.2, 0.25) is 0 Å². The van der Waals surface area contributed by atoms with Crippen molar-refractivity contribution in [3.05, 3.63) is 82.8 Å². The third-order valence-electron chi connectivity index (χ3n) is 3.81. The predicted molar refractivity (Wildman–Crippen MR) is 98.3 cm³/mol. The summed E-state index contributed by atoms with van der Waals surface area (Å²) in [5.74, 6) is -0.0202. The number of amides is 1. The molecule has 3 rings (SSSR count). The van der Waals surface area contributed by atoms with Gasteiger partial charge in [-0.1, -0.05) is 54.1 Å². The lowest BCUT2D eigenvalue weighted by Crippen LogP contribution is -2.23. The Balaban J connectivity index is 2.03. The van der Waals surface area contributed by atoms with Gasteiger partial charge in [0.15, 0.2) is 0 Å². The smallest absolute Gasteiger partial charge is 0.261 e. The van der Waals surface area contributed by atoms with Crippen molar-refractivity contribution in [3.63, 3.8) is 0 Å². The first-order chi connectivity index (χ1) is 11.2. The Morgan fingerprint density at radius 2 is 1.91 bits per heavy atom. The number of hydrogen-bond donors (Lipinski definition) is 1. The third kappa shape index (κ3) is 3.35. The van der Waals surface area contributed by atoms with E-state index in [9.17, 15) is 4.79 Å². The molecule has 2 nitrogen and oxygen atoms in total. The minimum atomic E-state index is -0.0202. The van der Waals surface area contributed by atoms with E-state index in [-0.39, 0.29) is 5.91 Å². The number of hydrogen-bond acceptors (Lipinski definition) is 2. The van der Waals surface area contributed by atoms with Gasteiger partial charge >= 0.3 is 0 Å². The summed E-state index contributed by atoms with van der Waals surface area (Å²) < 4.78 is 1.15. The van der Waals surface area contributed by atoms with E-state index >= 15 is 0 Å². The van der Waals surface area contributed by atoms with Gasteiger partial charge in [0.25, 0.3) is 5.91 Å². The van der Waals surface area contributed by atoms with Crippen molar-refractivity contribution in [2.45, 2.75) is 13.3 Å². The highest BCUT2D eigenvalue weighted by molar-refractivity contribution is 7.21. The van der Waals surface area contributed by atoms with E-state index in [0.29, 0.717) is 6.54 Å². The predicted octanol–water partition coefficient (Wildman–Crippen LogP) is 4.72. The van der Waals surface area contributed by atoms with Crippen LogP contribution in [0.2, 0.25) is 0 Å². The molecule has 0 bridgehead atoms. The second-order valence-corrected chi connectivity index (χ2v) is 6.62. The van der Waals surface area contributed by atoms with Crippen LogP contribution in [0.25, 0.3) is 10.1 Å². The number of rotatable bonds is 5. The summed E-state index contributed by atoms with van der Waals surface area (Å²) in [7, 11) is 0. The molecule has 3 heteroatoms. The number of thiophene rings is 1. The average molecular weight is 321 g/mol. The summed E-state index contributed by atoms with van der Waals surface area (Å²) in [5, 5.41) is 4.07. The van der Waals surface area contributed by atoms with Gasteiger partial charge in [0.1, 0.15) is 0 Å². The van der Waals surface area contributed by atoms with E-state index in [0.717, 1.165) is 21.6 Å². The molecule has 2 aromatic carbocycles. The van der Waals surface area contributed by atoms with Crippen LogP contribution in [0.5, 0.6) is 0 Å². The normalized spacial score (nSPS) is 10.7. The topological polar surface area (TPSA) is 29.1 Å². The van der Waals surface area contributed by atoms with Crippen LogP contribution in [-0.2, 0) is 6.42 Å². The summed E-state index contributed by atoms with van der Waals surface area (Å²) in [6.07, 6.45) is 2.46. The van der Waals surface area contributed by atoms with E-state index in [2.05, 4.69) is 55.2 Å². The van der Waals surface area contributed by atoms with Gasteiger partial charge in [-0.3, -0.25) is 4.79 Å². The van der Waals surface area contributed by atoms with Crippen molar-refractivity contribution in [1.82, 2.24) is 5.32 Å². The lowest BCUT2D eigenvalue weighted by molar-refractivity contribution is 0.0961. The van der Waals surface area contributed by atoms with Crippen LogP contribution < -0.4 is 5.32 Å². The Morgan fingerprint density at radius 3 is 2.65 bits per heavy atom. The minimum Gasteiger partial charge on any atom is -0.348 e. The maximum absolute atomic E-state index is 12.5. The number of carbonyl (C=O) groups is 1. The van der Waals surface area contributed by atoms with Gasteiger partial charge in [-0.15, -0.1) is 17.9 Å². The van der Waals surface area contributed by atoms with E-state index in [1.54, 1.807) is 17.4 Å². The van der Waals surface area contributed by atoms with Gasteiger partial charge in [-0.05, 0) is 35.9 Å². The van der Waals surface area contributed by atoms with Crippen LogP contribution in [0.4, 0.5) is 0 Å². The Hall–Kier alpha value is -2.39. The monoisotopic (exact) mass is 321 g/mol. The summed E-state index contributed by atoms with van der Waals surface area (Å²) >= 11 is 1.56. The molecule has 0 unspecified atom stereocenters. The second kappa shape index (κ2) is 6.80. The van der Waals surface area contributed by atoms with Crippen LogP contribution in [0.1, 0.15) is 26.4 Å². The Morgan fingerprint density at radius 1 is 1.17 bits per heavy atom.